The number of ether oxygens (including phenoxy) is 1. The molecule has 1 amide bonds. The molecule has 0 aliphatic carbocycles. The van der Waals surface area contributed by atoms with Crippen molar-refractivity contribution in [3.05, 3.63) is 29.3 Å². The molecule has 1 aromatic carbocycles. The number of nitrogens with zero attached hydrogens (tertiary/aromatic N) is 2. The second-order valence-corrected chi connectivity index (χ2v) is 7.63. The average Bonchev–Trinajstić information content (AvgIpc) is 2.72. The zero-order valence-electron chi connectivity index (χ0n) is 18.9. The molecule has 0 N–H and O–H groups in total. The standard InChI is InChI=1S/C24H38N2O3/c1-6-8-16-26(17-9-7-2)24(28)21-14-15-22(19(3)18-21)25-20(4)12-10-11-13-23(27)29-5/h14-15,18H,6-13,16-17H2,1-5H3. The van der Waals surface area contributed by atoms with Gasteiger partial charge < -0.3 is 9.64 Å². The van der Waals surface area contributed by atoms with Crippen LogP contribution in [0.2, 0.25) is 0 Å². The average molecular weight is 403 g/mol. The second kappa shape index (κ2) is 13.9. The van der Waals surface area contributed by atoms with Gasteiger partial charge in [0.25, 0.3) is 5.91 Å². The predicted octanol–water partition coefficient (Wildman–Crippen LogP) is 5.86. The van der Waals surface area contributed by atoms with Crippen molar-refractivity contribution in [3.8, 4) is 0 Å². The number of hydrogen-bond donors (Lipinski definition) is 0. The summed E-state index contributed by atoms with van der Waals surface area (Å²) in [5, 5.41) is 0. The molecule has 5 nitrogen and oxygen atoms in total. The Labute approximate surface area is 176 Å². The summed E-state index contributed by atoms with van der Waals surface area (Å²) in [5.41, 5.74) is 3.69. The predicted molar refractivity (Wildman–Crippen MR) is 120 cm³/mol. The Bertz CT molecular complexity index is 675. The third kappa shape index (κ3) is 9.25. The monoisotopic (exact) mass is 402 g/mol. The van der Waals surface area contributed by atoms with Crippen LogP contribution in [-0.4, -0.2) is 42.7 Å². The molecule has 0 atom stereocenters. The number of unbranched alkanes of at least 4 members (excludes halogenated alkanes) is 3. The van der Waals surface area contributed by atoms with E-state index < -0.39 is 0 Å². The van der Waals surface area contributed by atoms with Crippen molar-refractivity contribution in [2.75, 3.05) is 20.2 Å². The number of benzene rings is 1. The first kappa shape index (κ1) is 24.9. The van der Waals surface area contributed by atoms with Crippen molar-refractivity contribution in [1.82, 2.24) is 4.90 Å². The van der Waals surface area contributed by atoms with E-state index in [0.29, 0.717) is 6.42 Å². The summed E-state index contributed by atoms with van der Waals surface area (Å²) in [4.78, 5) is 30.8. The maximum Gasteiger partial charge on any atom is 0.305 e. The number of carbonyl (C=O) groups excluding carboxylic acids is 2. The van der Waals surface area contributed by atoms with Crippen molar-refractivity contribution < 1.29 is 14.3 Å². The molecule has 5 heteroatoms. The SMILES string of the molecule is CCCCN(CCCC)C(=O)c1ccc(N=C(C)CCCCC(=O)OC)c(C)c1. The first-order valence-electron chi connectivity index (χ1n) is 10.9. The molecule has 0 saturated heterocycles. The van der Waals surface area contributed by atoms with Crippen molar-refractivity contribution in [3.63, 3.8) is 0 Å². The fourth-order valence-electron chi connectivity index (χ4n) is 3.12. The van der Waals surface area contributed by atoms with Gasteiger partial charge in [-0.3, -0.25) is 14.6 Å². The minimum absolute atomic E-state index is 0.116. The highest BCUT2D eigenvalue weighted by atomic mass is 16.5. The molecule has 0 aliphatic heterocycles. The molecule has 0 unspecified atom stereocenters. The normalized spacial score (nSPS) is 11.4. The van der Waals surface area contributed by atoms with E-state index in [9.17, 15) is 9.59 Å². The van der Waals surface area contributed by atoms with Gasteiger partial charge in [-0.1, -0.05) is 26.7 Å². The Kier molecular flexibility index (Phi) is 11.9. The summed E-state index contributed by atoms with van der Waals surface area (Å²) in [5.74, 6) is -0.0485. The molecule has 0 saturated carbocycles. The number of hydrogen-bond acceptors (Lipinski definition) is 4. The Morgan fingerprint density at radius 1 is 1.00 bits per heavy atom. The first-order chi connectivity index (χ1) is 13.9. The third-order valence-corrected chi connectivity index (χ3v) is 5.00. The number of rotatable bonds is 13. The third-order valence-electron chi connectivity index (χ3n) is 5.00. The highest BCUT2D eigenvalue weighted by molar-refractivity contribution is 5.95. The van der Waals surface area contributed by atoms with E-state index in [1.165, 1.54) is 7.11 Å². The summed E-state index contributed by atoms with van der Waals surface area (Å²) in [6.07, 6.45) is 7.24. The zero-order valence-corrected chi connectivity index (χ0v) is 18.9. The van der Waals surface area contributed by atoms with E-state index in [1.807, 2.05) is 36.9 Å². The van der Waals surface area contributed by atoms with Gasteiger partial charge in [0.1, 0.15) is 0 Å². The van der Waals surface area contributed by atoms with Gasteiger partial charge in [-0.05, 0) is 69.7 Å². The Balaban J connectivity index is 2.75. The molecule has 0 bridgehead atoms. The van der Waals surface area contributed by atoms with Crippen LogP contribution in [0.5, 0.6) is 0 Å². The number of aryl methyl sites for hydroxylation is 1. The van der Waals surface area contributed by atoms with E-state index in [0.717, 1.165) is 80.6 Å². The fourth-order valence-corrected chi connectivity index (χ4v) is 3.12. The van der Waals surface area contributed by atoms with Gasteiger partial charge in [-0.25, -0.2) is 0 Å². The lowest BCUT2D eigenvalue weighted by molar-refractivity contribution is -0.140. The van der Waals surface area contributed by atoms with Gasteiger partial charge in [0.15, 0.2) is 0 Å². The van der Waals surface area contributed by atoms with Crippen LogP contribution < -0.4 is 0 Å². The van der Waals surface area contributed by atoms with Crippen molar-refractivity contribution in [2.45, 2.75) is 79.1 Å². The van der Waals surface area contributed by atoms with Gasteiger partial charge >= 0.3 is 5.97 Å². The van der Waals surface area contributed by atoms with Crippen molar-refractivity contribution >= 4 is 23.3 Å². The van der Waals surface area contributed by atoms with Crippen LogP contribution in [0.3, 0.4) is 0 Å². The van der Waals surface area contributed by atoms with Gasteiger partial charge in [-0.2, -0.15) is 0 Å². The van der Waals surface area contributed by atoms with Gasteiger partial charge in [0.05, 0.1) is 12.8 Å². The van der Waals surface area contributed by atoms with Crippen LogP contribution in [-0.2, 0) is 9.53 Å². The topological polar surface area (TPSA) is 59.0 Å². The highest BCUT2D eigenvalue weighted by Gasteiger charge is 2.15. The molecular weight excluding hydrogens is 364 g/mol. The molecule has 0 radical (unpaired) electrons. The Morgan fingerprint density at radius 2 is 1.62 bits per heavy atom. The second-order valence-electron chi connectivity index (χ2n) is 7.63. The fraction of sp³-hybridized carbons (Fsp3) is 0.625. The summed E-state index contributed by atoms with van der Waals surface area (Å²) >= 11 is 0. The van der Waals surface area contributed by atoms with Gasteiger partial charge in [0.2, 0.25) is 0 Å². The Hall–Kier alpha value is -2.17. The highest BCUT2D eigenvalue weighted by Crippen LogP contribution is 2.22. The lowest BCUT2D eigenvalue weighted by Gasteiger charge is -2.23. The molecule has 162 valence electrons. The minimum atomic E-state index is -0.164. The summed E-state index contributed by atoms with van der Waals surface area (Å²) in [6.45, 7) is 9.95. The van der Waals surface area contributed by atoms with Gasteiger partial charge in [-0.15, -0.1) is 0 Å². The van der Waals surface area contributed by atoms with E-state index in [2.05, 4.69) is 18.6 Å². The molecule has 1 aromatic rings. The molecule has 1 rings (SSSR count). The van der Waals surface area contributed by atoms with Crippen LogP contribution in [0.25, 0.3) is 0 Å². The summed E-state index contributed by atoms with van der Waals surface area (Å²) in [7, 11) is 1.42. The molecular formula is C24H38N2O3. The number of esters is 1. The van der Waals surface area contributed by atoms with Crippen LogP contribution in [0.1, 0.15) is 88.1 Å². The smallest absolute Gasteiger partial charge is 0.305 e. The molecule has 0 fully saturated rings. The lowest BCUT2D eigenvalue weighted by atomic mass is 10.1. The molecule has 0 spiro atoms. The number of aliphatic imine (C=N–C) groups is 1. The van der Waals surface area contributed by atoms with E-state index in [1.54, 1.807) is 0 Å². The van der Waals surface area contributed by atoms with Crippen molar-refractivity contribution in [1.29, 1.82) is 0 Å². The van der Waals surface area contributed by atoms with Crippen LogP contribution in [0.4, 0.5) is 5.69 Å². The quantitative estimate of drug-likeness (QED) is 0.236. The van der Waals surface area contributed by atoms with Crippen LogP contribution >= 0.6 is 0 Å². The minimum Gasteiger partial charge on any atom is -0.469 e. The van der Waals surface area contributed by atoms with Crippen LogP contribution in [0, 0.1) is 6.92 Å². The lowest BCUT2D eigenvalue weighted by Crippen LogP contribution is -2.33. The maximum absolute atomic E-state index is 12.9. The maximum atomic E-state index is 12.9. The van der Waals surface area contributed by atoms with E-state index in [-0.39, 0.29) is 11.9 Å². The van der Waals surface area contributed by atoms with Crippen LogP contribution in [0.15, 0.2) is 23.2 Å². The molecule has 0 aromatic heterocycles. The number of carbonyl (C=O) groups is 2. The zero-order chi connectivity index (χ0) is 21.6. The van der Waals surface area contributed by atoms with E-state index in [4.69, 9.17) is 4.99 Å². The molecule has 0 heterocycles. The molecule has 0 aliphatic rings. The Morgan fingerprint density at radius 3 is 2.17 bits per heavy atom. The van der Waals surface area contributed by atoms with Crippen molar-refractivity contribution in [2.24, 2.45) is 4.99 Å². The summed E-state index contributed by atoms with van der Waals surface area (Å²) < 4.78 is 4.66. The first-order valence-corrected chi connectivity index (χ1v) is 10.9. The van der Waals surface area contributed by atoms with Gasteiger partial charge in [0, 0.05) is 30.8 Å². The largest absolute Gasteiger partial charge is 0.469 e. The number of amides is 1. The summed E-state index contributed by atoms with van der Waals surface area (Å²) in [6, 6.07) is 5.79. The van der Waals surface area contributed by atoms with E-state index >= 15 is 0 Å². The number of methoxy groups -OCH3 is 1. The molecule has 29 heavy (non-hydrogen) atoms.